The number of hydrogen-bond donors (Lipinski definition) is 0. The van der Waals surface area contributed by atoms with Crippen LogP contribution in [0.25, 0.3) is 0 Å². The molecule has 0 fully saturated rings. The number of ether oxygens (including phenoxy) is 2. The van der Waals surface area contributed by atoms with Crippen molar-refractivity contribution in [3.05, 3.63) is 0 Å². The lowest BCUT2D eigenvalue weighted by atomic mass is 9.99. The first kappa shape index (κ1) is 19.3. The Hall–Kier alpha value is -1.06. The van der Waals surface area contributed by atoms with Gasteiger partial charge in [-0.05, 0) is 18.8 Å². The van der Waals surface area contributed by atoms with Crippen LogP contribution >= 0.6 is 0 Å². The molecular formula is C14H28O4. The van der Waals surface area contributed by atoms with Crippen LogP contribution in [-0.4, -0.2) is 25.2 Å². The molecule has 0 heterocycles. The van der Waals surface area contributed by atoms with Crippen LogP contribution in [0.5, 0.6) is 0 Å². The smallest absolute Gasteiger partial charge is 0.308 e. The van der Waals surface area contributed by atoms with E-state index in [4.69, 9.17) is 4.74 Å². The minimum atomic E-state index is -0.198. The van der Waals surface area contributed by atoms with Gasteiger partial charge in [-0.2, -0.15) is 0 Å². The molecule has 0 bridgehead atoms. The summed E-state index contributed by atoms with van der Waals surface area (Å²) >= 11 is 0. The van der Waals surface area contributed by atoms with Gasteiger partial charge in [-0.15, -0.1) is 0 Å². The molecule has 0 saturated heterocycles. The molecule has 4 nitrogen and oxygen atoms in total. The molecule has 2 unspecified atom stereocenters. The molecule has 0 rings (SSSR count). The van der Waals surface area contributed by atoms with Gasteiger partial charge in [0.05, 0.1) is 13.0 Å². The second-order valence-electron chi connectivity index (χ2n) is 5.11. The number of hydrogen-bond acceptors (Lipinski definition) is 4. The fraction of sp³-hybridized carbons (Fsp3) is 0.857. The average Bonchev–Trinajstić information content (AvgIpc) is 2.26. The highest BCUT2D eigenvalue weighted by atomic mass is 16.5. The van der Waals surface area contributed by atoms with Crippen LogP contribution in [-0.2, 0) is 19.1 Å². The zero-order valence-electron chi connectivity index (χ0n) is 12.9. The lowest BCUT2D eigenvalue weighted by molar-refractivity contribution is -0.147. The molecule has 0 saturated carbocycles. The third kappa shape index (κ3) is 10.1. The summed E-state index contributed by atoms with van der Waals surface area (Å²) in [6.45, 7) is 13.2. The number of esters is 2. The van der Waals surface area contributed by atoms with Gasteiger partial charge < -0.3 is 9.47 Å². The maximum Gasteiger partial charge on any atom is 0.308 e. The van der Waals surface area contributed by atoms with Crippen molar-refractivity contribution in [3.63, 3.8) is 0 Å². The Morgan fingerprint density at radius 3 is 1.44 bits per heavy atom. The van der Waals surface area contributed by atoms with E-state index in [-0.39, 0.29) is 24.0 Å². The minimum Gasteiger partial charge on any atom is -0.469 e. The highest BCUT2D eigenvalue weighted by Gasteiger charge is 2.15. The van der Waals surface area contributed by atoms with Gasteiger partial charge in [0, 0.05) is 6.92 Å². The number of rotatable bonds is 4. The Balaban J connectivity index is 0. The average molecular weight is 260 g/mol. The van der Waals surface area contributed by atoms with Gasteiger partial charge in [0.25, 0.3) is 0 Å². The monoisotopic (exact) mass is 260 g/mol. The van der Waals surface area contributed by atoms with Gasteiger partial charge >= 0.3 is 11.9 Å². The molecule has 108 valence electrons. The van der Waals surface area contributed by atoms with Gasteiger partial charge in [0.2, 0.25) is 0 Å². The van der Waals surface area contributed by atoms with Crippen molar-refractivity contribution in [3.8, 4) is 0 Å². The Morgan fingerprint density at radius 2 is 1.33 bits per heavy atom. The van der Waals surface area contributed by atoms with Gasteiger partial charge in [0.1, 0.15) is 6.10 Å². The van der Waals surface area contributed by atoms with Crippen molar-refractivity contribution in [2.75, 3.05) is 7.11 Å². The summed E-state index contributed by atoms with van der Waals surface area (Å²) < 4.78 is 9.41. The van der Waals surface area contributed by atoms with Gasteiger partial charge in [0.15, 0.2) is 0 Å². The fourth-order valence-corrected chi connectivity index (χ4v) is 0.856. The quantitative estimate of drug-likeness (QED) is 0.729. The molecule has 0 spiro atoms. The minimum absolute atomic E-state index is 0.0231. The number of methoxy groups -OCH3 is 1. The topological polar surface area (TPSA) is 52.6 Å². The standard InChI is InChI=1S/2C7H14O2/c1-5(2)6(3)7(8)9-4;1-5(2)6(3)9-7(4)8/h2*5-6H,1-4H3. The number of carbonyl (C=O) groups excluding carboxylic acids is 2. The molecule has 0 aromatic carbocycles. The zero-order valence-corrected chi connectivity index (χ0v) is 12.9. The largest absolute Gasteiger partial charge is 0.469 e. The first-order valence-electron chi connectivity index (χ1n) is 6.38. The van der Waals surface area contributed by atoms with E-state index in [1.54, 1.807) is 0 Å². The predicted molar refractivity (Wildman–Crippen MR) is 72.1 cm³/mol. The van der Waals surface area contributed by atoms with Crippen molar-refractivity contribution in [1.82, 2.24) is 0 Å². The van der Waals surface area contributed by atoms with E-state index in [9.17, 15) is 9.59 Å². The van der Waals surface area contributed by atoms with Gasteiger partial charge in [-0.3, -0.25) is 9.59 Å². The van der Waals surface area contributed by atoms with Crippen LogP contribution in [0.3, 0.4) is 0 Å². The molecule has 0 aliphatic carbocycles. The van der Waals surface area contributed by atoms with E-state index in [0.29, 0.717) is 11.8 Å². The molecule has 0 aliphatic heterocycles. The molecule has 4 heteroatoms. The molecule has 0 aromatic rings. The third-order valence-electron chi connectivity index (χ3n) is 2.86. The molecule has 0 amide bonds. The Bertz CT molecular complexity index is 246. The highest BCUT2D eigenvalue weighted by Crippen LogP contribution is 2.10. The predicted octanol–water partition coefficient (Wildman–Crippen LogP) is 3.05. The van der Waals surface area contributed by atoms with Crippen LogP contribution in [0.15, 0.2) is 0 Å². The van der Waals surface area contributed by atoms with E-state index >= 15 is 0 Å². The van der Waals surface area contributed by atoms with E-state index in [0.717, 1.165) is 0 Å². The molecule has 2 atom stereocenters. The van der Waals surface area contributed by atoms with E-state index in [1.807, 2.05) is 41.5 Å². The molecule has 18 heavy (non-hydrogen) atoms. The Morgan fingerprint density at radius 1 is 0.889 bits per heavy atom. The second-order valence-corrected chi connectivity index (χ2v) is 5.11. The number of carbonyl (C=O) groups is 2. The summed E-state index contributed by atoms with van der Waals surface area (Å²) in [5.74, 6) is 0.488. The lowest BCUT2D eigenvalue weighted by Crippen LogP contribution is -2.17. The van der Waals surface area contributed by atoms with Crippen LogP contribution in [0.1, 0.15) is 48.5 Å². The van der Waals surface area contributed by atoms with E-state index < -0.39 is 0 Å². The first-order valence-corrected chi connectivity index (χ1v) is 6.38. The summed E-state index contributed by atoms with van der Waals surface area (Å²) in [5.41, 5.74) is 0. The van der Waals surface area contributed by atoms with Crippen molar-refractivity contribution >= 4 is 11.9 Å². The normalized spacial score (nSPS) is 13.4. The summed E-state index contributed by atoms with van der Waals surface area (Å²) in [4.78, 5) is 21.1. The second kappa shape index (κ2) is 9.92. The highest BCUT2D eigenvalue weighted by molar-refractivity contribution is 5.71. The van der Waals surface area contributed by atoms with Crippen LogP contribution < -0.4 is 0 Å². The fourth-order valence-electron chi connectivity index (χ4n) is 0.856. The van der Waals surface area contributed by atoms with E-state index in [1.165, 1.54) is 14.0 Å². The maximum absolute atomic E-state index is 10.7. The van der Waals surface area contributed by atoms with Crippen LogP contribution in [0, 0.1) is 17.8 Å². The third-order valence-corrected chi connectivity index (χ3v) is 2.86. The van der Waals surface area contributed by atoms with Crippen molar-refractivity contribution in [2.24, 2.45) is 17.8 Å². The van der Waals surface area contributed by atoms with Crippen LogP contribution in [0.4, 0.5) is 0 Å². The zero-order chi connectivity index (χ0) is 14.9. The molecule has 0 aromatic heterocycles. The molecule has 0 N–H and O–H groups in total. The van der Waals surface area contributed by atoms with Crippen LogP contribution in [0.2, 0.25) is 0 Å². The maximum atomic E-state index is 10.7. The Kier molecular flexibility index (Phi) is 10.6. The summed E-state index contributed by atoms with van der Waals surface area (Å²) in [6.07, 6.45) is 0.0440. The van der Waals surface area contributed by atoms with E-state index in [2.05, 4.69) is 4.74 Å². The van der Waals surface area contributed by atoms with Crippen molar-refractivity contribution in [2.45, 2.75) is 54.6 Å². The van der Waals surface area contributed by atoms with Crippen molar-refractivity contribution < 1.29 is 19.1 Å². The molecular weight excluding hydrogens is 232 g/mol. The van der Waals surface area contributed by atoms with Crippen molar-refractivity contribution in [1.29, 1.82) is 0 Å². The molecule has 0 aliphatic rings. The summed E-state index contributed by atoms with van der Waals surface area (Å²) in [5, 5.41) is 0. The van der Waals surface area contributed by atoms with Gasteiger partial charge in [-0.1, -0.05) is 34.6 Å². The van der Waals surface area contributed by atoms with Gasteiger partial charge in [-0.25, -0.2) is 0 Å². The lowest BCUT2D eigenvalue weighted by Gasteiger charge is -2.14. The SMILES string of the molecule is CC(=O)OC(C)C(C)C.COC(=O)C(C)C(C)C. The first-order chi connectivity index (χ1) is 8.13. The summed E-state index contributed by atoms with van der Waals surface area (Å²) in [7, 11) is 1.42. The summed E-state index contributed by atoms with van der Waals surface area (Å²) in [6, 6.07) is 0. The Labute approximate surface area is 111 Å². The molecule has 0 radical (unpaired) electrons.